The third-order valence-electron chi connectivity index (χ3n) is 15.9. The van der Waals surface area contributed by atoms with E-state index in [1.165, 1.54) is 34.6 Å². The highest BCUT2D eigenvalue weighted by Crippen LogP contribution is 2.33. The maximum Gasteiger partial charge on any atom is 0.246 e. The Bertz CT molecular complexity index is 2580. The van der Waals surface area contributed by atoms with Gasteiger partial charge in [-0.15, -0.1) is 0 Å². The topological polar surface area (TPSA) is 372 Å². The number of primary amides is 1. The van der Waals surface area contributed by atoms with Crippen molar-refractivity contribution in [1.82, 2.24) is 47.6 Å². The molecule has 23 heteroatoms. The van der Waals surface area contributed by atoms with Crippen molar-refractivity contribution in [3.63, 3.8) is 0 Å². The number of aromatic amines is 1. The number of aliphatic hydroxyl groups is 1. The van der Waals surface area contributed by atoms with Gasteiger partial charge in [-0.3, -0.25) is 69.2 Å². The summed E-state index contributed by atoms with van der Waals surface area (Å²) in [7, 11) is 0. The Labute approximate surface area is 481 Å². The average molecular weight is 1150 g/mol. The molecule has 1 aliphatic heterocycles. The van der Waals surface area contributed by atoms with Gasteiger partial charge in [0.15, 0.2) is 5.78 Å². The lowest BCUT2D eigenvalue weighted by atomic mass is 9.78. The van der Waals surface area contributed by atoms with Crippen LogP contribution in [0.1, 0.15) is 156 Å². The number of allylic oxidation sites excluding steroid dienone is 2. The van der Waals surface area contributed by atoms with Gasteiger partial charge < -0.3 is 42.4 Å². The number of aromatic nitrogens is 1. The lowest BCUT2D eigenvalue weighted by Gasteiger charge is -2.35. The molecule has 1 saturated carbocycles. The smallest absolute Gasteiger partial charge is 0.246 e. The summed E-state index contributed by atoms with van der Waals surface area (Å²) in [5, 5.41) is 31.0. The van der Waals surface area contributed by atoms with Gasteiger partial charge in [0.05, 0.1) is 61.4 Å². The molecular formula is C59H91N11O12. The Morgan fingerprint density at radius 2 is 1.45 bits per heavy atom. The Balaban J connectivity index is 1.66. The number of carbonyl (C=O) groups is 11. The molecule has 0 bridgehead atoms. The van der Waals surface area contributed by atoms with E-state index in [9.17, 15) is 57.8 Å². The van der Waals surface area contributed by atoms with Gasteiger partial charge in [-0.05, 0) is 117 Å². The van der Waals surface area contributed by atoms with E-state index < -0.39 is 113 Å². The molecule has 0 radical (unpaired) electrons. The number of Topliss-reactive ketones (excluding diaryl/α,β-unsaturated/α-hetero) is 6. The Morgan fingerprint density at radius 1 is 0.793 bits per heavy atom. The summed E-state index contributed by atoms with van der Waals surface area (Å²) in [5.74, 6) is -3.56. The predicted octanol–water partition coefficient (Wildman–Crippen LogP) is 1.56. The third kappa shape index (κ3) is 21.1. The fraction of sp³-hybridized carbons (Fsp3) is 0.644. The molecule has 1 unspecified atom stereocenters. The van der Waals surface area contributed by atoms with Gasteiger partial charge >= 0.3 is 0 Å². The zero-order chi connectivity index (χ0) is 60.6. The minimum Gasteiger partial charge on any atom is -0.394 e. The van der Waals surface area contributed by atoms with Gasteiger partial charge in [0.25, 0.3) is 0 Å². The van der Waals surface area contributed by atoms with Crippen LogP contribution in [0.4, 0.5) is 0 Å². The molecule has 5 amide bonds. The Hall–Kier alpha value is -6.37. The molecule has 2 aliphatic rings. The lowest BCUT2D eigenvalue weighted by molar-refractivity contribution is -0.141. The predicted molar refractivity (Wildman–Crippen MR) is 309 cm³/mol. The second-order valence-electron chi connectivity index (χ2n) is 22.9. The van der Waals surface area contributed by atoms with E-state index in [4.69, 9.17) is 11.6 Å². The van der Waals surface area contributed by atoms with Crippen LogP contribution in [-0.4, -0.2) is 148 Å². The standard InChI is InChI=1S/C59H91N11O12/c1-36(72)31-65-58(5)27-18-14-12-10-8-7-9-11-13-15-19-28-59(6,57(82)68-47(35-71)56(81)67-37(2)50(75)52(77)39(4)70-61)69-54(79)42(29-40-21-20-22-40)33-63-45(25-26-49(60)74)53(78)51(76)38(3)66-55(80)46(64-34-48(58)73)30-41-32-62-44-24-17-16-23-43(41)44/h11,13,16-17,23-24,32,37-40,42,45-47,62-65,70-71H,7-10,12,14-15,18-22,25-31,33-35,61H2,1-6H3,(H2,60,74)(H,66,80)(H,67,81)(H,68,82)(H,69,79)/b13-11+/t37-,38?,39-,42+,45-,46-,47-,58+,59-/m0/s1. The summed E-state index contributed by atoms with van der Waals surface area (Å²) in [6.07, 6.45) is 15.7. The highest BCUT2D eigenvalue weighted by Gasteiger charge is 2.41. The van der Waals surface area contributed by atoms with Crippen LogP contribution in [0.2, 0.25) is 0 Å². The quantitative estimate of drug-likeness (QED) is 0.0411. The Kier molecular flexibility index (Phi) is 28.0. The van der Waals surface area contributed by atoms with E-state index in [2.05, 4.69) is 53.7 Å². The number of hydrogen-bond donors (Lipinski definition) is 12. The van der Waals surface area contributed by atoms with Crippen LogP contribution in [-0.2, 0) is 59.2 Å². The van der Waals surface area contributed by atoms with E-state index in [0.29, 0.717) is 32.1 Å². The van der Waals surface area contributed by atoms with Gasteiger partial charge in [0.2, 0.25) is 52.7 Å². The molecular weight excluding hydrogens is 1050 g/mol. The fourth-order valence-electron chi connectivity index (χ4n) is 10.2. The first-order chi connectivity index (χ1) is 38.9. The number of fused-ring (bicyclic) bond motifs is 1. The third-order valence-corrected chi connectivity index (χ3v) is 15.9. The fourth-order valence-corrected chi connectivity index (χ4v) is 10.2. The maximum absolute atomic E-state index is 14.7. The van der Waals surface area contributed by atoms with Crippen LogP contribution in [0.3, 0.4) is 0 Å². The molecule has 2 aromatic rings. The summed E-state index contributed by atoms with van der Waals surface area (Å²) >= 11 is 0. The van der Waals surface area contributed by atoms with E-state index in [0.717, 1.165) is 74.3 Å². The number of H-pyrrole nitrogens is 1. The molecule has 1 aromatic carbocycles. The number of nitrogens with two attached hydrogens (primary N) is 2. The molecule has 2 heterocycles. The molecule has 1 aliphatic carbocycles. The number of nitrogens with one attached hydrogen (secondary N) is 9. The van der Waals surface area contributed by atoms with Crippen molar-refractivity contribution in [2.24, 2.45) is 23.4 Å². The molecule has 23 nitrogen and oxygen atoms in total. The largest absolute Gasteiger partial charge is 0.394 e. The zero-order valence-electron chi connectivity index (χ0n) is 48.8. The molecule has 82 heavy (non-hydrogen) atoms. The zero-order valence-corrected chi connectivity index (χ0v) is 48.8. The molecule has 0 saturated heterocycles. The van der Waals surface area contributed by atoms with Gasteiger partial charge in [0.1, 0.15) is 17.4 Å². The highest BCUT2D eigenvalue weighted by atomic mass is 16.3. The van der Waals surface area contributed by atoms with E-state index >= 15 is 0 Å². The van der Waals surface area contributed by atoms with Crippen molar-refractivity contribution in [3.8, 4) is 0 Å². The number of aliphatic hydroxyl groups excluding tert-OH is 1. The maximum atomic E-state index is 14.7. The minimum absolute atomic E-state index is 0.0309. The molecule has 454 valence electrons. The second-order valence-corrected chi connectivity index (χ2v) is 22.9. The summed E-state index contributed by atoms with van der Waals surface area (Å²) in [5.41, 5.74) is 6.48. The summed E-state index contributed by atoms with van der Waals surface area (Å²) < 4.78 is 0. The van der Waals surface area contributed by atoms with Crippen molar-refractivity contribution < 1.29 is 57.8 Å². The van der Waals surface area contributed by atoms with Crippen LogP contribution in [0.5, 0.6) is 0 Å². The van der Waals surface area contributed by atoms with Gasteiger partial charge in [-0.1, -0.05) is 81.7 Å². The molecule has 14 N–H and O–H groups in total. The van der Waals surface area contributed by atoms with Crippen LogP contribution in [0, 0.1) is 11.8 Å². The number of benzene rings is 1. The van der Waals surface area contributed by atoms with Crippen molar-refractivity contribution in [3.05, 3.63) is 48.2 Å². The number of amides is 5. The van der Waals surface area contributed by atoms with Crippen LogP contribution in [0.25, 0.3) is 10.9 Å². The second kappa shape index (κ2) is 33.7. The highest BCUT2D eigenvalue weighted by molar-refractivity contribution is 6.41. The monoisotopic (exact) mass is 1150 g/mol. The van der Waals surface area contributed by atoms with Crippen molar-refractivity contribution in [2.75, 3.05) is 26.2 Å². The first-order valence-corrected chi connectivity index (χ1v) is 29.1. The first-order valence-electron chi connectivity index (χ1n) is 29.1. The van der Waals surface area contributed by atoms with Crippen LogP contribution >= 0.6 is 0 Å². The van der Waals surface area contributed by atoms with E-state index in [1.807, 2.05) is 30.3 Å². The van der Waals surface area contributed by atoms with Gasteiger partial charge in [-0.2, -0.15) is 0 Å². The van der Waals surface area contributed by atoms with Gasteiger partial charge in [0, 0.05) is 30.1 Å². The number of ketones is 6. The van der Waals surface area contributed by atoms with E-state index in [-0.39, 0.29) is 62.8 Å². The number of para-hydroxylation sites is 1. The number of rotatable bonds is 19. The summed E-state index contributed by atoms with van der Waals surface area (Å²) in [4.78, 5) is 152. The van der Waals surface area contributed by atoms with E-state index in [1.54, 1.807) is 13.1 Å². The van der Waals surface area contributed by atoms with Gasteiger partial charge in [-0.25, -0.2) is 5.43 Å². The molecule has 4 rings (SSSR count). The normalized spacial score (nSPS) is 25.7. The number of carbonyl (C=O) groups excluding carboxylic acids is 11. The van der Waals surface area contributed by atoms with Crippen molar-refractivity contribution in [2.45, 2.75) is 204 Å². The average Bonchev–Trinajstić information content (AvgIpc) is 3.87. The minimum atomic E-state index is -1.70. The Morgan fingerprint density at radius 3 is 2.10 bits per heavy atom. The summed E-state index contributed by atoms with van der Waals surface area (Å²) in [6.45, 7) is 7.28. The molecule has 0 spiro atoms. The SMILES string of the molecule is CC(=O)CN[C@]1(C)CCCCCCCC/C=C/CCC[C@@](C)(C(=O)N[C@@H](CO)C(=O)N[C@@H](C)C(=O)C(=O)[C@H](C)NN)NC(=O)[C@H](CC2CCC2)CN[C@@H](CCC(N)=O)C(=O)C(=O)C(C)NC(=O)[C@H](Cc2c[nH]c3ccccc23)NCC1=O. The first kappa shape index (κ1) is 68.1. The van der Waals surface area contributed by atoms with Crippen LogP contribution in [0.15, 0.2) is 42.6 Å². The van der Waals surface area contributed by atoms with Crippen molar-refractivity contribution >= 4 is 75.1 Å². The lowest BCUT2D eigenvalue weighted by Crippen LogP contribution is -2.63. The molecule has 9 atom stereocenters. The summed E-state index contributed by atoms with van der Waals surface area (Å²) in [6, 6.07) is -0.344. The van der Waals surface area contributed by atoms with Crippen LogP contribution < -0.4 is 54.2 Å². The number of hydrazine groups is 1. The van der Waals surface area contributed by atoms with Crippen molar-refractivity contribution in [1.29, 1.82) is 0 Å². The molecule has 1 aromatic heterocycles. The number of hydrogen-bond acceptors (Lipinski definition) is 17. The molecule has 1 fully saturated rings.